The van der Waals surface area contributed by atoms with Gasteiger partial charge in [0.1, 0.15) is 5.84 Å². The summed E-state index contributed by atoms with van der Waals surface area (Å²) in [4.78, 5) is 3.83. The van der Waals surface area contributed by atoms with Gasteiger partial charge in [0.05, 0.1) is 11.6 Å². The summed E-state index contributed by atoms with van der Waals surface area (Å²) in [5.74, 6) is -1.58. The Bertz CT molecular complexity index is 377. The summed E-state index contributed by atoms with van der Waals surface area (Å²) in [6, 6.07) is 2.36. The van der Waals surface area contributed by atoms with Gasteiger partial charge in [-0.05, 0) is 19.1 Å². The molecule has 2 nitrogen and oxygen atoms in total. The van der Waals surface area contributed by atoms with E-state index >= 15 is 0 Å². The van der Waals surface area contributed by atoms with Crippen LogP contribution in [0.5, 0.6) is 0 Å². The maximum Gasteiger partial charge on any atom is 0.163 e. The Morgan fingerprint density at radius 2 is 2.14 bits per heavy atom. The summed E-state index contributed by atoms with van der Waals surface area (Å²) in [6.45, 7) is 1.43. The quantitative estimate of drug-likeness (QED) is 0.462. The number of alkyl halides is 1. The van der Waals surface area contributed by atoms with Crippen LogP contribution in [0.1, 0.15) is 5.56 Å². The molecular formula is C9H9ClF2N2. The second-order valence-corrected chi connectivity index (χ2v) is 3.01. The average Bonchev–Trinajstić information content (AvgIpc) is 2.19. The molecule has 1 aromatic carbocycles. The van der Waals surface area contributed by atoms with E-state index in [1.54, 1.807) is 0 Å². The summed E-state index contributed by atoms with van der Waals surface area (Å²) in [6.07, 6.45) is 0. The van der Waals surface area contributed by atoms with Crippen LogP contribution in [0.15, 0.2) is 17.1 Å². The van der Waals surface area contributed by atoms with E-state index in [1.807, 2.05) is 0 Å². The molecular weight excluding hydrogens is 210 g/mol. The molecule has 0 aliphatic carbocycles. The van der Waals surface area contributed by atoms with Gasteiger partial charge in [-0.2, -0.15) is 0 Å². The molecule has 0 saturated heterocycles. The lowest BCUT2D eigenvalue weighted by molar-refractivity contribution is 0.503. The molecule has 0 heterocycles. The van der Waals surface area contributed by atoms with Crippen molar-refractivity contribution in [3.05, 3.63) is 29.3 Å². The Kier molecular flexibility index (Phi) is 3.41. The first-order valence-corrected chi connectivity index (χ1v) is 4.43. The van der Waals surface area contributed by atoms with E-state index in [1.165, 1.54) is 13.0 Å². The Morgan fingerprint density at radius 1 is 1.50 bits per heavy atom. The zero-order chi connectivity index (χ0) is 10.7. The molecule has 5 heteroatoms. The lowest BCUT2D eigenvalue weighted by Crippen LogP contribution is -2.12. The number of benzene rings is 1. The van der Waals surface area contributed by atoms with Gasteiger partial charge in [-0.25, -0.2) is 13.8 Å². The largest absolute Gasteiger partial charge is 0.386 e. The topological polar surface area (TPSA) is 38.4 Å². The minimum absolute atomic E-state index is 0.0540. The van der Waals surface area contributed by atoms with Crippen LogP contribution >= 0.6 is 11.6 Å². The van der Waals surface area contributed by atoms with Crippen LogP contribution in [-0.4, -0.2) is 11.7 Å². The fourth-order valence-corrected chi connectivity index (χ4v) is 1.01. The highest BCUT2D eigenvalue weighted by atomic mass is 35.5. The highest BCUT2D eigenvalue weighted by molar-refractivity contribution is 6.28. The molecule has 76 valence electrons. The highest BCUT2D eigenvalue weighted by Gasteiger charge is 2.08. The molecule has 0 fully saturated rings. The minimum Gasteiger partial charge on any atom is -0.386 e. The molecule has 0 bridgehead atoms. The molecule has 14 heavy (non-hydrogen) atoms. The fraction of sp³-hybridized carbons (Fsp3) is 0.222. The van der Waals surface area contributed by atoms with Gasteiger partial charge in [-0.3, -0.25) is 0 Å². The maximum atomic E-state index is 13.0. The van der Waals surface area contributed by atoms with Crippen LogP contribution in [0.2, 0.25) is 0 Å². The van der Waals surface area contributed by atoms with Gasteiger partial charge in [0.2, 0.25) is 0 Å². The number of amidine groups is 1. The van der Waals surface area contributed by atoms with Crippen LogP contribution in [0.3, 0.4) is 0 Å². The molecule has 2 N–H and O–H groups in total. The second kappa shape index (κ2) is 4.37. The normalized spacial score (nSPS) is 11.9. The average molecular weight is 219 g/mol. The smallest absolute Gasteiger partial charge is 0.163 e. The van der Waals surface area contributed by atoms with Crippen LogP contribution in [0.4, 0.5) is 14.5 Å². The van der Waals surface area contributed by atoms with E-state index < -0.39 is 11.6 Å². The number of nitrogens with zero attached hydrogens (tertiary/aromatic N) is 1. The Morgan fingerprint density at radius 3 is 2.71 bits per heavy atom. The fourth-order valence-electron chi connectivity index (χ4n) is 0.948. The predicted molar refractivity (Wildman–Crippen MR) is 53.1 cm³/mol. The molecule has 0 aliphatic rings. The van der Waals surface area contributed by atoms with Crippen LogP contribution in [0, 0.1) is 18.6 Å². The third-order valence-electron chi connectivity index (χ3n) is 1.71. The zero-order valence-corrected chi connectivity index (χ0v) is 8.28. The molecule has 0 aromatic heterocycles. The molecule has 0 aliphatic heterocycles. The standard InChI is InChI=1S/C9H9ClF2N2/c1-5-7(14-8(13)4-10)3-2-6(11)9(5)12/h2-3H,4H2,1H3,(H2,13,14). The number of hydrogen-bond donors (Lipinski definition) is 1. The monoisotopic (exact) mass is 218 g/mol. The summed E-state index contributed by atoms with van der Waals surface area (Å²) in [5, 5.41) is 0. The van der Waals surface area contributed by atoms with E-state index in [4.69, 9.17) is 17.3 Å². The van der Waals surface area contributed by atoms with E-state index in [9.17, 15) is 8.78 Å². The van der Waals surface area contributed by atoms with Crippen molar-refractivity contribution < 1.29 is 8.78 Å². The highest BCUT2D eigenvalue weighted by Crippen LogP contribution is 2.22. The van der Waals surface area contributed by atoms with Gasteiger partial charge in [-0.1, -0.05) is 0 Å². The Hall–Kier alpha value is -1.16. The van der Waals surface area contributed by atoms with Crippen molar-refractivity contribution in [3.8, 4) is 0 Å². The second-order valence-electron chi connectivity index (χ2n) is 2.74. The van der Waals surface area contributed by atoms with E-state index in [-0.39, 0.29) is 17.3 Å². The zero-order valence-electron chi connectivity index (χ0n) is 7.52. The van der Waals surface area contributed by atoms with Crippen molar-refractivity contribution in [1.82, 2.24) is 0 Å². The van der Waals surface area contributed by atoms with Crippen LogP contribution in [-0.2, 0) is 0 Å². The predicted octanol–water partition coefficient (Wildman–Crippen LogP) is 2.50. The van der Waals surface area contributed by atoms with Crippen molar-refractivity contribution in [3.63, 3.8) is 0 Å². The molecule has 0 amide bonds. The van der Waals surface area contributed by atoms with Gasteiger partial charge in [0, 0.05) is 5.56 Å². The van der Waals surface area contributed by atoms with Crippen molar-refractivity contribution in [2.45, 2.75) is 6.92 Å². The number of halogens is 3. The molecule has 0 saturated carbocycles. The van der Waals surface area contributed by atoms with Gasteiger partial charge in [0.15, 0.2) is 11.6 Å². The van der Waals surface area contributed by atoms with Gasteiger partial charge >= 0.3 is 0 Å². The SMILES string of the molecule is Cc1c(N=C(N)CCl)ccc(F)c1F. The first-order chi connectivity index (χ1) is 6.56. The number of aliphatic imine (C=N–C) groups is 1. The summed E-state index contributed by atoms with van der Waals surface area (Å²) in [5.41, 5.74) is 5.78. The third kappa shape index (κ3) is 2.20. The van der Waals surface area contributed by atoms with Crippen molar-refractivity contribution in [2.24, 2.45) is 10.7 Å². The Labute approximate surface area is 85.4 Å². The number of nitrogens with two attached hydrogens (primary N) is 1. The summed E-state index contributed by atoms with van der Waals surface area (Å²) >= 11 is 5.40. The molecule has 0 unspecified atom stereocenters. The molecule has 1 rings (SSSR count). The van der Waals surface area contributed by atoms with Crippen LogP contribution in [0.25, 0.3) is 0 Å². The van der Waals surface area contributed by atoms with Crippen molar-refractivity contribution in [2.75, 3.05) is 5.88 Å². The molecule has 0 atom stereocenters. The lowest BCUT2D eigenvalue weighted by Gasteiger charge is -2.03. The van der Waals surface area contributed by atoms with E-state index in [0.717, 1.165) is 6.07 Å². The maximum absolute atomic E-state index is 13.0. The Balaban J connectivity index is 3.18. The van der Waals surface area contributed by atoms with Gasteiger partial charge in [0.25, 0.3) is 0 Å². The first-order valence-electron chi connectivity index (χ1n) is 3.90. The first kappa shape index (κ1) is 10.9. The molecule has 0 radical (unpaired) electrons. The van der Waals surface area contributed by atoms with Crippen molar-refractivity contribution in [1.29, 1.82) is 0 Å². The minimum atomic E-state index is -0.909. The number of rotatable bonds is 2. The lowest BCUT2D eigenvalue weighted by atomic mass is 10.2. The third-order valence-corrected chi connectivity index (χ3v) is 1.99. The molecule has 0 spiro atoms. The van der Waals surface area contributed by atoms with E-state index in [0.29, 0.717) is 5.69 Å². The number of hydrogen-bond acceptors (Lipinski definition) is 1. The molecule has 1 aromatic rings. The summed E-state index contributed by atoms with van der Waals surface area (Å²) in [7, 11) is 0. The van der Waals surface area contributed by atoms with Crippen LogP contribution < -0.4 is 5.73 Å². The van der Waals surface area contributed by atoms with E-state index in [2.05, 4.69) is 4.99 Å². The van der Waals surface area contributed by atoms with Crippen molar-refractivity contribution >= 4 is 23.1 Å². The van der Waals surface area contributed by atoms with Gasteiger partial charge in [-0.15, -0.1) is 11.6 Å². The van der Waals surface area contributed by atoms with Gasteiger partial charge < -0.3 is 5.73 Å². The summed E-state index contributed by atoms with van der Waals surface area (Å²) < 4.78 is 25.7.